The number of H-pyrrole nitrogens is 1. The highest BCUT2D eigenvalue weighted by Crippen LogP contribution is 2.35. The van der Waals surface area contributed by atoms with Crippen LogP contribution in [-0.4, -0.2) is 21.6 Å². The minimum atomic E-state index is -0.262. The van der Waals surface area contributed by atoms with Gasteiger partial charge in [0.2, 0.25) is 0 Å². The lowest BCUT2D eigenvalue weighted by Crippen LogP contribution is -2.22. The third-order valence-electron chi connectivity index (χ3n) is 5.64. The van der Waals surface area contributed by atoms with Crippen LogP contribution in [0.3, 0.4) is 0 Å². The Morgan fingerprint density at radius 1 is 0.971 bits per heavy atom. The van der Waals surface area contributed by atoms with Crippen molar-refractivity contribution in [1.29, 1.82) is 0 Å². The van der Waals surface area contributed by atoms with Crippen LogP contribution in [0.5, 0.6) is 0 Å². The normalized spacial score (nSPS) is 15.1. The summed E-state index contributed by atoms with van der Waals surface area (Å²) in [5.41, 5.74) is 4.19. The summed E-state index contributed by atoms with van der Waals surface area (Å²) in [6.45, 7) is 1.77. The second-order valence-corrected chi connectivity index (χ2v) is 8.13. The highest BCUT2D eigenvalue weighted by molar-refractivity contribution is 6.43. The number of hydrazone groups is 1. The van der Waals surface area contributed by atoms with Crippen molar-refractivity contribution >= 4 is 23.0 Å². The van der Waals surface area contributed by atoms with Gasteiger partial charge in [0.15, 0.2) is 0 Å². The quantitative estimate of drug-likeness (QED) is 0.462. The van der Waals surface area contributed by atoms with Gasteiger partial charge in [-0.2, -0.15) is 5.10 Å². The van der Waals surface area contributed by atoms with Crippen molar-refractivity contribution in [2.75, 3.05) is 10.3 Å². The first-order chi connectivity index (χ1) is 16.6. The summed E-state index contributed by atoms with van der Waals surface area (Å²) >= 11 is 0. The van der Waals surface area contributed by atoms with E-state index in [-0.39, 0.29) is 17.5 Å². The zero-order chi connectivity index (χ0) is 23.5. The van der Waals surface area contributed by atoms with Crippen LogP contribution in [0.15, 0.2) is 101 Å². The molecule has 34 heavy (non-hydrogen) atoms. The van der Waals surface area contributed by atoms with Crippen molar-refractivity contribution in [3.63, 3.8) is 0 Å². The molecule has 1 aliphatic heterocycles. The average Bonchev–Trinajstić information content (AvgIpc) is 3.31. The monoisotopic (exact) mass is 449 g/mol. The molecule has 7 heteroatoms. The second kappa shape index (κ2) is 9.15. The van der Waals surface area contributed by atoms with Gasteiger partial charge in [0, 0.05) is 29.4 Å². The molecule has 168 valence electrons. The molecule has 7 nitrogen and oxygen atoms in total. The molecule has 3 aromatic carbocycles. The van der Waals surface area contributed by atoms with Crippen molar-refractivity contribution < 1.29 is 4.79 Å². The minimum Gasteiger partial charge on any atom is -0.321 e. The largest absolute Gasteiger partial charge is 0.321 e. The number of carbonyl (C=O) groups excluding carboxylic acids is 1. The van der Waals surface area contributed by atoms with E-state index in [1.54, 1.807) is 19.1 Å². The number of hydrogen-bond acceptors (Lipinski definition) is 5. The summed E-state index contributed by atoms with van der Waals surface area (Å²) in [6, 6.07) is 28.5. The SMILES string of the molecule is Cc1cc(=O)[nH]c(-c2cccc(NC(=O)C3=NN(c4ccccc4)C(c4ccccc4)C3)c2)n1. The lowest BCUT2D eigenvalue weighted by molar-refractivity contribution is -0.110. The van der Waals surface area contributed by atoms with Crippen molar-refractivity contribution in [1.82, 2.24) is 9.97 Å². The first-order valence-electron chi connectivity index (χ1n) is 11.0. The molecule has 1 atom stereocenters. The number of anilines is 2. The molecular weight excluding hydrogens is 426 g/mol. The van der Waals surface area contributed by atoms with Crippen molar-refractivity contribution in [3.8, 4) is 11.4 Å². The van der Waals surface area contributed by atoms with Gasteiger partial charge >= 0.3 is 0 Å². The van der Waals surface area contributed by atoms with E-state index in [9.17, 15) is 9.59 Å². The zero-order valence-electron chi connectivity index (χ0n) is 18.6. The van der Waals surface area contributed by atoms with E-state index in [2.05, 4.69) is 27.4 Å². The number of aromatic nitrogens is 2. The molecule has 5 rings (SSSR count). The zero-order valence-corrected chi connectivity index (χ0v) is 18.6. The third kappa shape index (κ3) is 4.49. The number of aromatic amines is 1. The molecule has 0 radical (unpaired) electrons. The molecule has 0 aliphatic carbocycles. The van der Waals surface area contributed by atoms with Crippen molar-refractivity contribution in [3.05, 3.63) is 113 Å². The number of hydrogen-bond donors (Lipinski definition) is 2. The topological polar surface area (TPSA) is 90.4 Å². The number of amides is 1. The Hall–Kier alpha value is -4.52. The number of nitrogens with one attached hydrogen (secondary N) is 2. The molecule has 4 aromatic rings. The van der Waals surface area contributed by atoms with Crippen molar-refractivity contribution in [2.45, 2.75) is 19.4 Å². The molecule has 0 saturated carbocycles. The lowest BCUT2D eigenvalue weighted by atomic mass is 10.0. The Morgan fingerprint density at radius 2 is 1.71 bits per heavy atom. The van der Waals surface area contributed by atoms with E-state index in [0.717, 1.165) is 11.3 Å². The van der Waals surface area contributed by atoms with Crippen LogP contribution < -0.4 is 15.9 Å². The van der Waals surface area contributed by atoms with E-state index in [0.29, 0.717) is 34.9 Å². The van der Waals surface area contributed by atoms with Gasteiger partial charge in [-0.25, -0.2) is 4.98 Å². The van der Waals surface area contributed by atoms with Crippen LogP contribution in [-0.2, 0) is 4.79 Å². The summed E-state index contributed by atoms with van der Waals surface area (Å²) < 4.78 is 0. The highest BCUT2D eigenvalue weighted by Gasteiger charge is 2.32. The molecule has 1 amide bonds. The molecule has 0 spiro atoms. The molecule has 1 aliphatic rings. The molecular formula is C27H23N5O2. The number of aryl methyl sites for hydroxylation is 1. The molecule has 1 unspecified atom stereocenters. The van der Waals surface area contributed by atoms with E-state index < -0.39 is 0 Å². The first-order valence-corrected chi connectivity index (χ1v) is 11.0. The number of rotatable bonds is 5. The molecule has 0 fully saturated rings. The average molecular weight is 450 g/mol. The fourth-order valence-corrected chi connectivity index (χ4v) is 4.06. The molecule has 0 saturated heterocycles. The van der Waals surface area contributed by atoms with Gasteiger partial charge in [0.25, 0.3) is 11.5 Å². The van der Waals surface area contributed by atoms with Crippen molar-refractivity contribution in [2.24, 2.45) is 5.10 Å². The Morgan fingerprint density at radius 3 is 2.44 bits per heavy atom. The predicted molar refractivity (Wildman–Crippen MR) is 134 cm³/mol. The number of benzene rings is 3. The first kappa shape index (κ1) is 21.3. The van der Waals surface area contributed by atoms with Gasteiger partial charge in [-0.15, -0.1) is 0 Å². The number of para-hydroxylation sites is 1. The highest BCUT2D eigenvalue weighted by atomic mass is 16.2. The number of carbonyl (C=O) groups is 1. The summed E-state index contributed by atoms with van der Waals surface area (Å²) in [5, 5.41) is 9.55. The van der Waals surface area contributed by atoms with Gasteiger partial charge < -0.3 is 10.3 Å². The van der Waals surface area contributed by atoms with E-state index in [1.807, 2.05) is 65.7 Å². The van der Waals surface area contributed by atoms with Gasteiger partial charge in [0.05, 0.1) is 11.7 Å². The standard InChI is InChI=1S/C27H23N5O2/c1-18-15-25(33)30-26(28-18)20-11-8-12-21(16-20)29-27(34)23-17-24(19-9-4-2-5-10-19)32(31-23)22-13-6-3-7-14-22/h2-16,24H,17H2,1H3,(H,29,34)(H,28,30,33). The summed E-state index contributed by atoms with van der Waals surface area (Å²) in [6.07, 6.45) is 0.483. The lowest BCUT2D eigenvalue weighted by Gasteiger charge is -2.23. The molecule has 2 N–H and O–H groups in total. The Labute approximate surface area is 196 Å². The van der Waals surface area contributed by atoms with Gasteiger partial charge in [-0.05, 0) is 36.8 Å². The van der Waals surface area contributed by atoms with Crippen LogP contribution in [0.2, 0.25) is 0 Å². The predicted octanol–water partition coefficient (Wildman–Crippen LogP) is 4.69. The Balaban J connectivity index is 1.41. The van der Waals surface area contributed by atoms with Crippen LogP contribution in [0.4, 0.5) is 11.4 Å². The van der Waals surface area contributed by atoms with Gasteiger partial charge in [-0.1, -0.05) is 60.7 Å². The van der Waals surface area contributed by atoms with Crippen LogP contribution in [0.25, 0.3) is 11.4 Å². The summed E-state index contributed by atoms with van der Waals surface area (Å²) in [4.78, 5) is 32.1. The fourth-order valence-electron chi connectivity index (χ4n) is 4.06. The maximum absolute atomic E-state index is 13.2. The summed E-state index contributed by atoms with van der Waals surface area (Å²) in [5.74, 6) is 0.195. The van der Waals surface area contributed by atoms with Gasteiger partial charge in [0.1, 0.15) is 11.5 Å². The molecule has 0 bridgehead atoms. The smallest absolute Gasteiger partial charge is 0.271 e. The van der Waals surface area contributed by atoms with Crippen LogP contribution in [0.1, 0.15) is 23.7 Å². The Kier molecular flexibility index (Phi) is 5.74. The van der Waals surface area contributed by atoms with E-state index in [1.165, 1.54) is 6.07 Å². The fraction of sp³-hybridized carbons (Fsp3) is 0.111. The van der Waals surface area contributed by atoms with Gasteiger partial charge in [-0.3, -0.25) is 14.6 Å². The van der Waals surface area contributed by atoms with Crippen LogP contribution >= 0.6 is 0 Å². The second-order valence-electron chi connectivity index (χ2n) is 8.13. The van der Waals surface area contributed by atoms with E-state index >= 15 is 0 Å². The molecule has 2 heterocycles. The minimum absolute atomic E-state index is 0.0720. The molecule has 1 aromatic heterocycles. The third-order valence-corrected chi connectivity index (χ3v) is 5.64. The maximum Gasteiger partial charge on any atom is 0.271 e. The Bertz CT molecular complexity index is 1410. The maximum atomic E-state index is 13.2. The summed E-state index contributed by atoms with van der Waals surface area (Å²) in [7, 11) is 0. The number of nitrogens with zero attached hydrogens (tertiary/aromatic N) is 3. The van der Waals surface area contributed by atoms with E-state index in [4.69, 9.17) is 5.10 Å². The van der Waals surface area contributed by atoms with Crippen LogP contribution in [0, 0.1) is 6.92 Å².